The predicted octanol–water partition coefficient (Wildman–Crippen LogP) is 2.41. The highest BCUT2D eigenvalue weighted by atomic mass is 127. The molecule has 0 aromatic carbocycles. The number of guanidine groups is 1. The molecule has 1 heterocycles. The SMILES string of the molecule is CCNC(=NCCn1cnnc1CC)NCCN(C(=O)OC(C)(C)C)C1CC1.I. The van der Waals surface area contributed by atoms with Crippen LogP contribution in [0.5, 0.6) is 0 Å². The largest absolute Gasteiger partial charge is 0.444 e. The van der Waals surface area contributed by atoms with Crippen LogP contribution >= 0.6 is 24.0 Å². The maximum absolute atomic E-state index is 12.4. The van der Waals surface area contributed by atoms with Gasteiger partial charge in [-0.25, -0.2) is 4.79 Å². The Hall–Kier alpha value is -1.59. The van der Waals surface area contributed by atoms with Gasteiger partial charge in [0.05, 0.1) is 6.54 Å². The number of carbonyl (C=O) groups excluding carboxylic acids is 1. The van der Waals surface area contributed by atoms with Crippen LogP contribution in [0.1, 0.15) is 53.3 Å². The van der Waals surface area contributed by atoms with Gasteiger partial charge in [-0.2, -0.15) is 0 Å². The minimum absolute atomic E-state index is 0. The number of carbonyl (C=O) groups is 1. The Morgan fingerprint density at radius 2 is 2.07 bits per heavy atom. The van der Waals surface area contributed by atoms with Crippen LogP contribution in [0.25, 0.3) is 0 Å². The van der Waals surface area contributed by atoms with Crippen molar-refractivity contribution in [3.63, 3.8) is 0 Å². The Morgan fingerprint density at radius 3 is 2.66 bits per heavy atom. The van der Waals surface area contributed by atoms with Crippen molar-refractivity contribution in [2.24, 2.45) is 4.99 Å². The Balaban J connectivity index is 0.00000420. The lowest BCUT2D eigenvalue weighted by Gasteiger charge is -2.27. The number of hydrogen-bond acceptors (Lipinski definition) is 5. The smallest absolute Gasteiger partial charge is 0.410 e. The lowest BCUT2D eigenvalue weighted by molar-refractivity contribution is 0.0238. The van der Waals surface area contributed by atoms with Crippen molar-refractivity contribution in [2.45, 2.75) is 72.1 Å². The summed E-state index contributed by atoms with van der Waals surface area (Å²) in [6, 6.07) is 0.303. The Kier molecular flexibility index (Phi) is 10.7. The van der Waals surface area contributed by atoms with E-state index in [2.05, 4.69) is 32.7 Å². The van der Waals surface area contributed by atoms with Gasteiger partial charge in [0.2, 0.25) is 0 Å². The highest BCUT2D eigenvalue weighted by Gasteiger charge is 2.34. The first-order valence-corrected chi connectivity index (χ1v) is 10.2. The Morgan fingerprint density at radius 1 is 1.34 bits per heavy atom. The second kappa shape index (κ2) is 12.2. The third-order valence-corrected chi connectivity index (χ3v) is 4.23. The van der Waals surface area contributed by atoms with Gasteiger partial charge >= 0.3 is 6.09 Å². The monoisotopic (exact) mass is 521 g/mol. The van der Waals surface area contributed by atoms with Gasteiger partial charge < -0.3 is 24.8 Å². The van der Waals surface area contributed by atoms with Crippen LogP contribution in [0.4, 0.5) is 4.79 Å². The van der Waals surface area contributed by atoms with Gasteiger partial charge in [0.1, 0.15) is 17.8 Å². The number of hydrogen-bond donors (Lipinski definition) is 2. The van der Waals surface area contributed by atoms with Crippen molar-refractivity contribution in [1.82, 2.24) is 30.3 Å². The summed E-state index contributed by atoms with van der Waals surface area (Å²) < 4.78 is 7.55. The fourth-order valence-electron chi connectivity index (χ4n) is 2.78. The molecule has 166 valence electrons. The molecule has 1 fully saturated rings. The standard InChI is InChI=1S/C19H35N7O2.HI/c1-6-16-24-23-14-25(16)12-10-21-17(20-7-2)22-11-13-26(15-8-9-15)18(27)28-19(3,4)5;/h14-15H,6-13H2,1-5H3,(H2,20,21,22);1H. The number of nitrogens with zero attached hydrogens (tertiary/aromatic N) is 5. The second-order valence-electron chi connectivity index (χ2n) is 7.89. The van der Waals surface area contributed by atoms with E-state index in [-0.39, 0.29) is 30.1 Å². The van der Waals surface area contributed by atoms with Crippen LogP contribution in [0.15, 0.2) is 11.3 Å². The van der Waals surface area contributed by atoms with Crippen LogP contribution in [-0.4, -0.2) is 69.5 Å². The second-order valence-corrected chi connectivity index (χ2v) is 7.89. The minimum Gasteiger partial charge on any atom is -0.444 e. The van der Waals surface area contributed by atoms with E-state index in [1.807, 2.05) is 37.2 Å². The average molecular weight is 521 g/mol. The molecule has 1 aromatic heterocycles. The fourth-order valence-corrected chi connectivity index (χ4v) is 2.78. The number of nitrogens with one attached hydrogen (secondary N) is 2. The molecule has 1 aliphatic carbocycles. The van der Waals surface area contributed by atoms with Gasteiger partial charge in [0, 0.05) is 38.6 Å². The quantitative estimate of drug-likeness (QED) is 0.295. The van der Waals surface area contributed by atoms with E-state index in [1.54, 1.807) is 6.33 Å². The minimum atomic E-state index is -0.479. The zero-order chi connectivity index (χ0) is 20.6. The molecule has 0 bridgehead atoms. The van der Waals surface area contributed by atoms with E-state index in [0.29, 0.717) is 25.7 Å². The first-order valence-electron chi connectivity index (χ1n) is 10.2. The van der Waals surface area contributed by atoms with E-state index in [0.717, 1.165) is 44.1 Å². The van der Waals surface area contributed by atoms with E-state index in [9.17, 15) is 4.79 Å². The molecule has 10 heteroatoms. The van der Waals surface area contributed by atoms with Gasteiger partial charge in [-0.05, 0) is 40.5 Å². The zero-order valence-corrected chi connectivity index (χ0v) is 20.6. The highest BCUT2D eigenvalue weighted by Crippen LogP contribution is 2.27. The third-order valence-electron chi connectivity index (χ3n) is 4.23. The first kappa shape index (κ1) is 25.4. The number of aliphatic imine (C=N–C) groups is 1. The number of rotatable bonds is 9. The van der Waals surface area contributed by atoms with Gasteiger partial charge in [-0.1, -0.05) is 6.92 Å². The zero-order valence-electron chi connectivity index (χ0n) is 18.3. The summed E-state index contributed by atoms with van der Waals surface area (Å²) in [4.78, 5) is 18.9. The van der Waals surface area contributed by atoms with E-state index in [1.165, 1.54) is 0 Å². The molecular weight excluding hydrogens is 485 g/mol. The Bertz CT molecular complexity index is 653. The fraction of sp³-hybridized carbons (Fsp3) is 0.789. The number of ether oxygens (including phenoxy) is 1. The predicted molar refractivity (Wildman–Crippen MR) is 125 cm³/mol. The topological polar surface area (TPSA) is 96.7 Å². The molecule has 0 spiro atoms. The van der Waals surface area contributed by atoms with Crippen LogP contribution in [0.3, 0.4) is 0 Å². The summed E-state index contributed by atoms with van der Waals surface area (Å²) in [6.07, 6.45) is 4.45. The van der Waals surface area contributed by atoms with Crippen molar-refractivity contribution < 1.29 is 9.53 Å². The van der Waals surface area contributed by atoms with Gasteiger partial charge in [-0.3, -0.25) is 4.99 Å². The molecule has 9 nitrogen and oxygen atoms in total. The summed E-state index contributed by atoms with van der Waals surface area (Å²) in [7, 11) is 0. The van der Waals surface area contributed by atoms with E-state index >= 15 is 0 Å². The van der Waals surface area contributed by atoms with Crippen LogP contribution in [0.2, 0.25) is 0 Å². The molecule has 2 N–H and O–H groups in total. The Labute approximate surface area is 191 Å². The summed E-state index contributed by atoms with van der Waals surface area (Å²) in [5.74, 6) is 1.71. The van der Waals surface area contributed by atoms with Crippen LogP contribution in [0, 0.1) is 0 Å². The molecule has 2 rings (SSSR count). The molecule has 29 heavy (non-hydrogen) atoms. The maximum atomic E-state index is 12.4. The van der Waals surface area contributed by atoms with Crippen molar-refractivity contribution in [1.29, 1.82) is 0 Å². The summed E-state index contributed by atoms with van der Waals surface area (Å²) in [6.45, 7) is 13.1. The lowest BCUT2D eigenvalue weighted by atomic mass is 10.2. The van der Waals surface area contributed by atoms with E-state index < -0.39 is 5.60 Å². The third kappa shape index (κ3) is 9.18. The molecule has 1 amide bonds. The normalized spacial score (nSPS) is 14.2. The number of amides is 1. The summed E-state index contributed by atoms with van der Waals surface area (Å²) >= 11 is 0. The molecule has 0 aliphatic heterocycles. The van der Waals surface area contributed by atoms with Crippen LogP contribution < -0.4 is 10.6 Å². The number of aromatic nitrogens is 3. The molecule has 0 atom stereocenters. The van der Waals surface area contributed by atoms with Gasteiger partial charge in [0.15, 0.2) is 5.96 Å². The molecule has 1 aromatic rings. The molecule has 1 saturated carbocycles. The van der Waals surface area contributed by atoms with E-state index in [4.69, 9.17) is 4.74 Å². The highest BCUT2D eigenvalue weighted by molar-refractivity contribution is 14.0. The summed E-state index contributed by atoms with van der Waals surface area (Å²) in [5.41, 5.74) is -0.479. The van der Waals surface area contributed by atoms with Crippen molar-refractivity contribution in [3.05, 3.63) is 12.2 Å². The summed E-state index contributed by atoms with van der Waals surface area (Å²) in [5, 5.41) is 14.6. The molecular formula is C19H36IN7O2. The molecule has 0 unspecified atom stereocenters. The van der Waals surface area contributed by atoms with Crippen molar-refractivity contribution >= 4 is 36.0 Å². The van der Waals surface area contributed by atoms with Gasteiger partial charge in [-0.15, -0.1) is 34.2 Å². The number of aryl methyl sites for hydroxylation is 1. The first-order chi connectivity index (χ1) is 13.3. The van der Waals surface area contributed by atoms with Gasteiger partial charge in [0.25, 0.3) is 0 Å². The van der Waals surface area contributed by atoms with Crippen LogP contribution in [-0.2, 0) is 17.7 Å². The lowest BCUT2D eigenvalue weighted by Crippen LogP contribution is -2.45. The molecule has 0 radical (unpaired) electrons. The van der Waals surface area contributed by atoms with Crippen molar-refractivity contribution in [3.8, 4) is 0 Å². The number of halogens is 1. The molecule has 0 saturated heterocycles. The maximum Gasteiger partial charge on any atom is 0.410 e. The van der Waals surface area contributed by atoms with Crippen molar-refractivity contribution in [2.75, 3.05) is 26.2 Å². The average Bonchev–Trinajstić information content (AvgIpc) is 3.35. The molecule has 1 aliphatic rings.